The van der Waals surface area contributed by atoms with Crippen LogP contribution in [0, 0.1) is 6.92 Å². The number of thiazole rings is 1. The molecule has 17 heavy (non-hydrogen) atoms. The van der Waals surface area contributed by atoms with Gasteiger partial charge in [-0.05, 0) is 27.9 Å². The smallest absolute Gasteiger partial charge is 0.252 e. The Balaban J connectivity index is 2.86. The quantitative estimate of drug-likeness (QED) is 0.891. The number of nitrogens with zero attached hydrogens (tertiary/aromatic N) is 2. The SMILES string of the molecule is Cc1nc(Cl)sc1S(=O)(=O)NC(C)CN(C)C. The monoisotopic (exact) mass is 297 g/mol. The Morgan fingerprint density at radius 3 is 2.53 bits per heavy atom. The molecule has 0 radical (unpaired) electrons. The first-order valence-electron chi connectivity index (χ1n) is 5.02. The van der Waals surface area contributed by atoms with Crippen LogP contribution in [-0.2, 0) is 10.0 Å². The average Bonchev–Trinajstić information content (AvgIpc) is 2.42. The number of halogens is 1. The van der Waals surface area contributed by atoms with Crippen molar-refractivity contribution in [2.24, 2.45) is 0 Å². The van der Waals surface area contributed by atoms with Crippen LogP contribution in [0.25, 0.3) is 0 Å². The van der Waals surface area contributed by atoms with Crippen molar-refractivity contribution in [3.63, 3.8) is 0 Å². The van der Waals surface area contributed by atoms with E-state index in [0.29, 0.717) is 12.2 Å². The zero-order valence-electron chi connectivity index (χ0n) is 10.2. The molecule has 1 rings (SSSR count). The number of hydrogen-bond acceptors (Lipinski definition) is 5. The highest BCUT2D eigenvalue weighted by Crippen LogP contribution is 2.26. The Hall–Kier alpha value is -0.210. The molecular weight excluding hydrogens is 282 g/mol. The van der Waals surface area contributed by atoms with Crippen molar-refractivity contribution in [3.05, 3.63) is 10.2 Å². The molecule has 1 aromatic rings. The summed E-state index contributed by atoms with van der Waals surface area (Å²) in [6, 6.07) is -0.171. The molecule has 0 bridgehead atoms. The van der Waals surface area contributed by atoms with E-state index in [0.717, 1.165) is 11.3 Å². The van der Waals surface area contributed by atoms with E-state index in [1.165, 1.54) is 0 Å². The zero-order valence-corrected chi connectivity index (χ0v) is 12.6. The molecule has 8 heteroatoms. The van der Waals surface area contributed by atoms with E-state index >= 15 is 0 Å². The lowest BCUT2D eigenvalue weighted by Gasteiger charge is -2.17. The highest BCUT2D eigenvalue weighted by Gasteiger charge is 2.23. The second kappa shape index (κ2) is 5.62. The van der Waals surface area contributed by atoms with Crippen LogP contribution in [0.4, 0.5) is 0 Å². The summed E-state index contributed by atoms with van der Waals surface area (Å²) >= 11 is 6.67. The molecule has 1 atom stereocenters. The number of likely N-dealkylation sites (N-methyl/N-ethyl adjacent to an activating group) is 1. The number of nitrogens with one attached hydrogen (secondary N) is 1. The normalized spacial score (nSPS) is 14.2. The van der Waals surface area contributed by atoms with Gasteiger partial charge in [-0.2, -0.15) is 0 Å². The maximum atomic E-state index is 12.0. The molecule has 0 aliphatic rings. The molecular formula is C9H16ClN3O2S2. The van der Waals surface area contributed by atoms with Gasteiger partial charge in [0.25, 0.3) is 10.0 Å². The fourth-order valence-corrected chi connectivity index (χ4v) is 4.49. The van der Waals surface area contributed by atoms with E-state index in [-0.39, 0.29) is 14.7 Å². The molecule has 0 aliphatic carbocycles. The van der Waals surface area contributed by atoms with Crippen LogP contribution < -0.4 is 4.72 Å². The third-order valence-corrected chi connectivity index (χ3v) is 5.43. The first-order valence-corrected chi connectivity index (χ1v) is 7.70. The van der Waals surface area contributed by atoms with E-state index in [2.05, 4.69) is 9.71 Å². The van der Waals surface area contributed by atoms with Crippen molar-refractivity contribution in [1.29, 1.82) is 0 Å². The third-order valence-electron chi connectivity index (χ3n) is 1.97. The molecule has 1 N–H and O–H groups in total. The van der Waals surface area contributed by atoms with E-state index in [4.69, 9.17) is 11.6 Å². The van der Waals surface area contributed by atoms with Gasteiger partial charge in [-0.15, -0.1) is 0 Å². The van der Waals surface area contributed by atoms with E-state index in [1.54, 1.807) is 6.92 Å². The number of aryl methyl sites for hydroxylation is 1. The van der Waals surface area contributed by atoms with Crippen LogP contribution in [0.2, 0.25) is 4.47 Å². The molecule has 0 spiro atoms. The highest BCUT2D eigenvalue weighted by atomic mass is 35.5. The lowest BCUT2D eigenvalue weighted by atomic mass is 10.3. The predicted molar refractivity (Wildman–Crippen MR) is 70.2 cm³/mol. The van der Waals surface area contributed by atoms with Gasteiger partial charge in [-0.1, -0.05) is 22.9 Å². The van der Waals surface area contributed by atoms with E-state index in [9.17, 15) is 8.42 Å². The molecule has 0 saturated carbocycles. The highest BCUT2D eigenvalue weighted by molar-refractivity contribution is 7.91. The van der Waals surface area contributed by atoms with Crippen LogP contribution in [0.15, 0.2) is 4.21 Å². The fraction of sp³-hybridized carbons (Fsp3) is 0.667. The van der Waals surface area contributed by atoms with Crippen LogP contribution in [0.3, 0.4) is 0 Å². The molecule has 0 amide bonds. The van der Waals surface area contributed by atoms with Gasteiger partial charge >= 0.3 is 0 Å². The van der Waals surface area contributed by atoms with Gasteiger partial charge in [0.2, 0.25) is 0 Å². The minimum atomic E-state index is -3.52. The summed E-state index contributed by atoms with van der Waals surface area (Å²) < 4.78 is 27.1. The Bertz CT molecular complexity index is 484. The summed E-state index contributed by atoms with van der Waals surface area (Å²) in [5, 5.41) is 0. The van der Waals surface area contributed by atoms with Crippen LogP contribution >= 0.6 is 22.9 Å². The minimum Gasteiger partial charge on any atom is -0.308 e. The van der Waals surface area contributed by atoms with E-state index < -0.39 is 10.0 Å². The van der Waals surface area contributed by atoms with Gasteiger partial charge in [0.15, 0.2) is 8.68 Å². The Labute approximate surface area is 111 Å². The first kappa shape index (κ1) is 14.8. The molecule has 0 fully saturated rings. The summed E-state index contributed by atoms with van der Waals surface area (Å²) in [6.45, 7) is 4.08. The van der Waals surface area contributed by atoms with Crippen molar-refractivity contribution in [2.75, 3.05) is 20.6 Å². The van der Waals surface area contributed by atoms with Gasteiger partial charge in [0.05, 0.1) is 5.69 Å². The number of sulfonamides is 1. The Kier molecular flexibility index (Phi) is 4.91. The fourth-order valence-electron chi connectivity index (χ4n) is 1.50. The largest absolute Gasteiger partial charge is 0.308 e. The molecule has 0 aromatic carbocycles. The molecule has 0 aliphatic heterocycles. The van der Waals surface area contributed by atoms with Crippen LogP contribution in [0.1, 0.15) is 12.6 Å². The van der Waals surface area contributed by atoms with Gasteiger partial charge in [0.1, 0.15) is 0 Å². The molecule has 0 saturated heterocycles. The van der Waals surface area contributed by atoms with Gasteiger partial charge in [0, 0.05) is 12.6 Å². The van der Waals surface area contributed by atoms with Crippen molar-refractivity contribution in [1.82, 2.24) is 14.6 Å². The average molecular weight is 298 g/mol. The maximum Gasteiger partial charge on any atom is 0.252 e. The summed E-state index contributed by atoms with van der Waals surface area (Å²) in [6.07, 6.45) is 0. The molecule has 1 unspecified atom stereocenters. The summed E-state index contributed by atoms with van der Waals surface area (Å²) in [5.74, 6) is 0. The lowest BCUT2D eigenvalue weighted by molar-refractivity contribution is 0.370. The summed E-state index contributed by atoms with van der Waals surface area (Å²) in [5.41, 5.74) is 0.435. The van der Waals surface area contributed by atoms with Crippen LogP contribution in [0.5, 0.6) is 0 Å². The second-order valence-corrected chi connectivity index (χ2v) is 7.61. The Morgan fingerprint density at radius 2 is 2.12 bits per heavy atom. The summed E-state index contributed by atoms with van der Waals surface area (Å²) in [4.78, 5) is 5.82. The van der Waals surface area contributed by atoms with Crippen molar-refractivity contribution in [2.45, 2.75) is 24.1 Å². The number of aromatic nitrogens is 1. The second-order valence-electron chi connectivity index (χ2n) is 4.12. The zero-order chi connectivity index (χ0) is 13.2. The summed E-state index contributed by atoms with van der Waals surface area (Å²) in [7, 11) is 0.257. The maximum absolute atomic E-state index is 12.0. The molecule has 5 nitrogen and oxygen atoms in total. The minimum absolute atomic E-state index is 0.171. The molecule has 1 aromatic heterocycles. The third kappa shape index (κ3) is 4.18. The lowest BCUT2D eigenvalue weighted by Crippen LogP contribution is -2.39. The number of rotatable bonds is 5. The van der Waals surface area contributed by atoms with Crippen molar-refractivity contribution in [3.8, 4) is 0 Å². The topological polar surface area (TPSA) is 62.3 Å². The van der Waals surface area contributed by atoms with Crippen molar-refractivity contribution < 1.29 is 8.42 Å². The molecule has 98 valence electrons. The van der Waals surface area contributed by atoms with Gasteiger partial charge in [-0.25, -0.2) is 18.1 Å². The van der Waals surface area contributed by atoms with E-state index in [1.807, 2.05) is 25.9 Å². The predicted octanol–water partition coefficient (Wildman–Crippen LogP) is 1.33. The van der Waals surface area contributed by atoms with Crippen molar-refractivity contribution >= 4 is 33.0 Å². The molecule has 1 heterocycles. The van der Waals surface area contributed by atoms with Gasteiger partial charge < -0.3 is 4.90 Å². The van der Waals surface area contributed by atoms with Gasteiger partial charge in [-0.3, -0.25) is 0 Å². The first-order chi connectivity index (χ1) is 7.72. The van der Waals surface area contributed by atoms with Crippen LogP contribution in [-0.4, -0.2) is 45.0 Å². The Morgan fingerprint density at radius 1 is 1.53 bits per heavy atom. The number of hydrogen-bond donors (Lipinski definition) is 1. The standard InChI is InChI=1S/C9H16ClN3O2S2/c1-6(5-13(3)4)12-17(14,15)8-7(2)11-9(10)16-8/h6,12H,5H2,1-4H3.